The molecular formula is C36H41N3O5S. The molecule has 4 rings (SSSR count). The van der Waals surface area contributed by atoms with E-state index in [1.165, 1.54) is 17.0 Å². The number of aryl methyl sites for hydroxylation is 2. The molecule has 0 saturated carbocycles. The molecule has 4 aromatic rings. The predicted molar refractivity (Wildman–Crippen MR) is 178 cm³/mol. The number of rotatable bonds is 14. The second kappa shape index (κ2) is 15.4. The van der Waals surface area contributed by atoms with Crippen LogP contribution in [-0.2, 0) is 32.6 Å². The van der Waals surface area contributed by atoms with Crippen molar-refractivity contribution in [1.29, 1.82) is 0 Å². The van der Waals surface area contributed by atoms with Gasteiger partial charge >= 0.3 is 0 Å². The second-order valence-electron chi connectivity index (χ2n) is 10.8. The van der Waals surface area contributed by atoms with Gasteiger partial charge in [-0.3, -0.25) is 13.9 Å². The average molecular weight is 628 g/mol. The van der Waals surface area contributed by atoms with Crippen molar-refractivity contribution in [3.8, 4) is 5.75 Å². The largest absolute Gasteiger partial charge is 0.494 e. The van der Waals surface area contributed by atoms with Gasteiger partial charge in [-0.15, -0.1) is 0 Å². The lowest BCUT2D eigenvalue weighted by atomic mass is 10.0. The van der Waals surface area contributed by atoms with Gasteiger partial charge in [0.2, 0.25) is 11.8 Å². The molecule has 0 aliphatic heterocycles. The van der Waals surface area contributed by atoms with Crippen molar-refractivity contribution in [2.75, 3.05) is 24.0 Å². The SMILES string of the molecule is CCNC(=O)[C@H](Cc1ccccc1)N(Cc1ccccc1C)C(=O)CN(c1ccc(C)cc1)S(=O)(=O)c1ccc(OCC)cc1. The van der Waals surface area contributed by atoms with Gasteiger partial charge in [0.1, 0.15) is 18.3 Å². The van der Waals surface area contributed by atoms with Crippen LogP contribution < -0.4 is 14.4 Å². The molecule has 0 bridgehead atoms. The van der Waals surface area contributed by atoms with E-state index in [0.717, 1.165) is 26.6 Å². The van der Waals surface area contributed by atoms with Crippen LogP contribution in [0.1, 0.15) is 36.1 Å². The number of amides is 2. The number of hydrogen-bond acceptors (Lipinski definition) is 5. The lowest BCUT2D eigenvalue weighted by Gasteiger charge is -2.34. The smallest absolute Gasteiger partial charge is 0.264 e. The highest BCUT2D eigenvalue weighted by atomic mass is 32.2. The van der Waals surface area contributed by atoms with Crippen molar-refractivity contribution in [3.63, 3.8) is 0 Å². The molecule has 236 valence electrons. The first-order valence-electron chi connectivity index (χ1n) is 15.1. The Hall–Kier alpha value is -4.63. The summed E-state index contributed by atoms with van der Waals surface area (Å²) >= 11 is 0. The molecule has 0 aromatic heterocycles. The molecule has 0 spiro atoms. The first-order valence-corrected chi connectivity index (χ1v) is 16.6. The Kier molecular flexibility index (Phi) is 11.4. The van der Waals surface area contributed by atoms with Crippen molar-refractivity contribution in [1.82, 2.24) is 10.2 Å². The number of nitrogens with zero attached hydrogens (tertiary/aromatic N) is 2. The van der Waals surface area contributed by atoms with Crippen molar-refractivity contribution < 1.29 is 22.7 Å². The van der Waals surface area contributed by atoms with Crippen LogP contribution in [0.5, 0.6) is 5.75 Å². The summed E-state index contributed by atoms with van der Waals surface area (Å²) in [5.41, 5.74) is 4.00. The van der Waals surface area contributed by atoms with Gasteiger partial charge in [0.15, 0.2) is 0 Å². The van der Waals surface area contributed by atoms with Gasteiger partial charge in [-0.25, -0.2) is 8.42 Å². The Morgan fingerprint density at radius 2 is 1.47 bits per heavy atom. The monoisotopic (exact) mass is 627 g/mol. The summed E-state index contributed by atoms with van der Waals surface area (Å²) in [6.07, 6.45) is 0.264. The van der Waals surface area contributed by atoms with Gasteiger partial charge in [0.05, 0.1) is 17.2 Å². The molecule has 1 N–H and O–H groups in total. The number of nitrogens with one attached hydrogen (secondary N) is 1. The van der Waals surface area contributed by atoms with E-state index in [1.54, 1.807) is 36.4 Å². The van der Waals surface area contributed by atoms with Gasteiger partial charge in [0, 0.05) is 19.5 Å². The second-order valence-corrected chi connectivity index (χ2v) is 12.7. The number of likely N-dealkylation sites (N-methyl/N-ethyl adjacent to an activating group) is 1. The van der Waals surface area contributed by atoms with Crippen molar-refractivity contribution >= 4 is 27.5 Å². The number of sulfonamides is 1. The summed E-state index contributed by atoms with van der Waals surface area (Å²) in [7, 11) is -4.19. The third-order valence-corrected chi connectivity index (χ3v) is 9.34. The minimum Gasteiger partial charge on any atom is -0.494 e. The molecule has 0 fully saturated rings. The normalized spacial score (nSPS) is 11.8. The number of anilines is 1. The maximum absolute atomic E-state index is 14.5. The maximum Gasteiger partial charge on any atom is 0.264 e. The molecule has 8 nitrogen and oxygen atoms in total. The van der Waals surface area contributed by atoms with Gasteiger partial charge in [-0.1, -0.05) is 72.3 Å². The molecule has 0 saturated heterocycles. The Morgan fingerprint density at radius 1 is 0.822 bits per heavy atom. The minimum atomic E-state index is -4.19. The first kappa shape index (κ1) is 33.3. The molecular weight excluding hydrogens is 586 g/mol. The van der Waals surface area contributed by atoms with Crippen LogP contribution in [0.3, 0.4) is 0 Å². The summed E-state index contributed by atoms with van der Waals surface area (Å²) in [5, 5.41) is 2.89. The molecule has 4 aromatic carbocycles. The first-order chi connectivity index (χ1) is 21.6. The van der Waals surface area contributed by atoms with Crippen LogP contribution in [0.15, 0.2) is 108 Å². The Bertz CT molecular complexity index is 1670. The number of hydrogen-bond donors (Lipinski definition) is 1. The fourth-order valence-electron chi connectivity index (χ4n) is 5.06. The predicted octanol–water partition coefficient (Wildman–Crippen LogP) is 5.67. The van der Waals surface area contributed by atoms with Crippen LogP contribution in [-0.4, -0.2) is 50.9 Å². The van der Waals surface area contributed by atoms with E-state index in [2.05, 4.69) is 5.32 Å². The quantitative estimate of drug-likeness (QED) is 0.194. The number of carbonyl (C=O) groups is 2. The molecule has 2 amide bonds. The van der Waals surface area contributed by atoms with E-state index >= 15 is 0 Å². The highest BCUT2D eigenvalue weighted by Gasteiger charge is 2.34. The Balaban J connectivity index is 1.79. The Morgan fingerprint density at radius 3 is 2.09 bits per heavy atom. The third kappa shape index (κ3) is 8.51. The summed E-state index contributed by atoms with van der Waals surface area (Å²) in [6.45, 7) is 7.99. The van der Waals surface area contributed by atoms with Crippen LogP contribution in [0.4, 0.5) is 5.69 Å². The lowest BCUT2D eigenvalue weighted by molar-refractivity contribution is -0.140. The number of ether oxygens (including phenoxy) is 1. The van der Waals surface area contributed by atoms with Gasteiger partial charge in [-0.05, 0) is 80.8 Å². The minimum absolute atomic E-state index is 0.0225. The van der Waals surface area contributed by atoms with Gasteiger partial charge in [-0.2, -0.15) is 0 Å². The third-order valence-electron chi connectivity index (χ3n) is 7.55. The van der Waals surface area contributed by atoms with Crippen LogP contribution in [0.2, 0.25) is 0 Å². The molecule has 0 aliphatic carbocycles. The zero-order chi connectivity index (χ0) is 32.4. The van der Waals surface area contributed by atoms with Gasteiger partial charge in [0.25, 0.3) is 10.0 Å². The number of benzene rings is 4. The van der Waals surface area contributed by atoms with E-state index in [0.29, 0.717) is 24.6 Å². The summed E-state index contributed by atoms with van der Waals surface area (Å²) in [4.78, 5) is 29.6. The van der Waals surface area contributed by atoms with Crippen LogP contribution in [0.25, 0.3) is 0 Å². The standard InChI is InChI=1S/C36H41N3O5S/c1-5-37-36(41)34(24-29-13-8-7-9-14-29)38(25-30-15-11-10-12-28(30)4)35(40)26-39(31-18-16-27(3)17-19-31)45(42,43)33-22-20-32(21-23-33)44-6-2/h7-23,34H,5-6,24-26H2,1-4H3,(H,37,41)/t34-/m0/s1. The fourth-order valence-corrected chi connectivity index (χ4v) is 6.47. The van der Waals surface area contributed by atoms with Crippen molar-refractivity contribution in [2.45, 2.75) is 51.6 Å². The van der Waals surface area contributed by atoms with E-state index in [1.807, 2.05) is 82.3 Å². The highest BCUT2D eigenvalue weighted by molar-refractivity contribution is 7.92. The van der Waals surface area contributed by atoms with Crippen molar-refractivity contribution in [3.05, 3.63) is 125 Å². The van der Waals surface area contributed by atoms with Crippen LogP contribution >= 0.6 is 0 Å². The van der Waals surface area contributed by atoms with Crippen LogP contribution in [0, 0.1) is 13.8 Å². The number of carbonyl (C=O) groups excluding carboxylic acids is 2. The zero-order valence-electron chi connectivity index (χ0n) is 26.3. The summed E-state index contributed by atoms with van der Waals surface area (Å²) in [5.74, 6) is -0.260. The molecule has 9 heteroatoms. The van der Waals surface area contributed by atoms with E-state index in [-0.39, 0.29) is 23.8 Å². The van der Waals surface area contributed by atoms with E-state index < -0.39 is 28.5 Å². The molecule has 0 aliphatic rings. The van der Waals surface area contributed by atoms with E-state index in [4.69, 9.17) is 4.74 Å². The zero-order valence-corrected chi connectivity index (χ0v) is 27.1. The molecule has 0 unspecified atom stereocenters. The Labute approximate surface area is 266 Å². The van der Waals surface area contributed by atoms with Gasteiger partial charge < -0.3 is 15.0 Å². The molecule has 1 atom stereocenters. The summed E-state index contributed by atoms with van der Waals surface area (Å²) in [6, 6.07) is 29.4. The maximum atomic E-state index is 14.5. The highest BCUT2D eigenvalue weighted by Crippen LogP contribution is 2.27. The van der Waals surface area contributed by atoms with Crippen molar-refractivity contribution in [2.24, 2.45) is 0 Å². The summed E-state index contributed by atoms with van der Waals surface area (Å²) < 4.78 is 35.0. The lowest BCUT2D eigenvalue weighted by Crippen LogP contribution is -2.53. The van der Waals surface area contributed by atoms with E-state index in [9.17, 15) is 18.0 Å². The molecule has 0 radical (unpaired) electrons. The fraction of sp³-hybridized carbons (Fsp3) is 0.278. The molecule has 45 heavy (non-hydrogen) atoms. The topological polar surface area (TPSA) is 96.0 Å². The average Bonchev–Trinajstić information content (AvgIpc) is 3.04. The molecule has 0 heterocycles.